The molecule has 0 aromatic heterocycles. The Balaban J connectivity index is 2.19. The van der Waals surface area contributed by atoms with Gasteiger partial charge in [-0.3, -0.25) is 4.79 Å². The van der Waals surface area contributed by atoms with E-state index in [4.69, 9.17) is 10.8 Å². The molecule has 92 valence electrons. The maximum Gasteiger partial charge on any atom is 0.231 e. The highest BCUT2D eigenvalue weighted by molar-refractivity contribution is 6.01. The fraction of sp³-hybridized carbons (Fsp3) is 0.462. The Morgan fingerprint density at radius 1 is 1.41 bits per heavy atom. The number of aliphatic hydroxyl groups excluding tert-OH is 1. The van der Waals surface area contributed by atoms with Crippen molar-refractivity contribution >= 4 is 11.6 Å². The van der Waals surface area contributed by atoms with Gasteiger partial charge < -0.3 is 15.7 Å². The molecule has 1 aromatic carbocycles. The van der Waals surface area contributed by atoms with Gasteiger partial charge in [0.15, 0.2) is 0 Å². The average Bonchev–Trinajstić information content (AvgIpc) is 2.62. The van der Waals surface area contributed by atoms with Crippen molar-refractivity contribution in [1.29, 1.82) is 0 Å². The number of hydrogen-bond acceptors (Lipinski definition) is 3. The molecule has 1 heterocycles. The minimum atomic E-state index is 0.115. The number of aliphatic hydroxyl groups is 1. The molecule has 0 saturated carbocycles. The lowest BCUT2D eigenvalue weighted by molar-refractivity contribution is -0.117. The van der Waals surface area contributed by atoms with E-state index >= 15 is 0 Å². The zero-order chi connectivity index (χ0) is 12.3. The van der Waals surface area contributed by atoms with Crippen molar-refractivity contribution in [3.63, 3.8) is 0 Å². The summed E-state index contributed by atoms with van der Waals surface area (Å²) in [5, 5.41) is 8.82. The Morgan fingerprint density at radius 2 is 2.24 bits per heavy atom. The summed E-state index contributed by atoms with van der Waals surface area (Å²) in [7, 11) is 0. The molecule has 0 unspecified atom stereocenters. The lowest BCUT2D eigenvalue weighted by Gasteiger charge is -2.16. The Labute approximate surface area is 101 Å². The average molecular weight is 234 g/mol. The van der Waals surface area contributed by atoms with E-state index in [-0.39, 0.29) is 12.5 Å². The molecule has 4 heteroatoms. The predicted octanol–water partition coefficient (Wildman–Crippen LogP) is 0.459. The molecule has 1 amide bonds. The molecule has 0 saturated heterocycles. The van der Waals surface area contributed by atoms with Crippen molar-refractivity contribution in [2.24, 2.45) is 5.73 Å². The van der Waals surface area contributed by atoms with Crippen molar-refractivity contribution < 1.29 is 9.90 Å². The highest BCUT2D eigenvalue weighted by atomic mass is 16.3. The third kappa shape index (κ3) is 2.48. The predicted molar refractivity (Wildman–Crippen MR) is 67.0 cm³/mol. The topological polar surface area (TPSA) is 66.6 Å². The number of rotatable bonds is 5. The third-order valence-electron chi connectivity index (χ3n) is 3.05. The summed E-state index contributed by atoms with van der Waals surface area (Å²) in [4.78, 5) is 13.6. The van der Waals surface area contributed by atoms with Gasteiger partial charge in [-0.2, -0.15) is 0 Å². The minimum absolute atomic E-state index is 0.115. The van der Waals surface area contributed by atoms with E-state index < -0.39 is 0 Å². The van der Waals surface area contributed by atoms with Gasteiger partial charge in [-0.05, 0) is 36.6 Å². The number of amides is 1. The number of hydrogen-bond donors (Lipinski definition) is 2. The van der Waals surface area contributed by atoms with Crippen molar-refractivity contribution in [1.82, 2.24) is 0 Å². The fourth-order valence-corrected chi connectivity index (χ4v) is 2.23. The smallest absolute Gasteiger partial charge is 0.231 e. The lowest BCUT2D eigenvalue weighted by atomic mass is 10.1. The molecule has 0 bridgehead atoms. The van der Waals surface area contributed by atoms with E-state index in [1.165, 1.54) is 5.56 Å². The molecule has 0 fully saturated rings. The van der Waals surface area contributed by atoms with Gasteiger partial charge in [0, 0.05) is 18.8 Å². The second-order valence-corrected chi connectivity index (χ2v) is 4.30. The van der Waals surface area contributed by atoms with Crippen LogP contribution in [0.5, 0.6) is 0 Å². The number of nitrogens with zero attached hydrogens (tertiary/aromatic N) is 1. The Bertz CT molecular complexity index is 418. The Hall–Kier alpha value is -1.39. The third-order valence-corrected chi connectivity index (χ3v) is 3.05. The maximum absolute atomic E-state index is 11.8. The maximum atomic E-state index is 11.8. The molecule has 2 rings (SSSR count). The summed E-state index contributed by atoms with van der Waals surface area (Å²) in [6.07, 6.45) is 1.94. The normalized spacial score (nSPS) is 14.2. The van der Waals surface area contributed by atoms with Crippen LogP contribution >= 0.6 is 0 Å². The van der Waals surface area contributed by atoms with Crippen molar-refractivity contribution in [2.75, 3.05) is 24.6 Å². The summed E-state index contributed by atoms with van der Waals surface area (Å²) in [6.45, 7) is 1.34. The number of nitrogens with two attached hydrogens (primary N) is 1. The monoisotopic (exact) mass is 234 g/mol. The molecule has 4 nitrogen and oxygen atoms in total. The zero-order valence-electron chi connectivity index (χ0n) is 9.85. The standard InChI is InChI=1S/C13H18N2O2/c14-5-4-10-2-3-12-11(8-10)9-13(17)15(12)6-1-7-16/h2-3,8,16H,1,4-7,9,14H2. The van der Waals surface area contributed by atoms with Crippen LogP contribution in [0.15, 0.2) is 18.2 Å². The SMILES string of the molecule is NCCc1ccc2c(c1)CC(=O)N2CCCO. The molecule has 3 N–H and O–H groups in total. The number of anilines is 1. The van der Waals surface area contributed by atoms with Crippen molar-refractivity contribution in [2.45, 2.75) is 19.3 Å². The highest BCUT2D eigenvalue weighted by Gasteiger charge is 2.26. The van der Waals surface area contributed by atoms with Gasteiger partial charge in [0.25, 0.3) is 0 Å². The van der Waals surface area contributed by atoms with Gasteiger partial charge in [0.2, 0.25) is 5.91 Å². The van der Waals surface area contributed by atoms with Crippen molar-refractivity contribution in [3.05, 3.63) is 29.3 Å². The fourth-order valence-electron chi connectivity index (χ4n) is 2.23. The van der Waals surface area contributed by atoms with Gasteiger partial charge >= 0.3 is 0 Å². The largest absolute Gasteiger partial charge is 0.396 e. The van der Waals surface area contributed by atoms with Gasteiger partial charge in [-0.15, -0.1) is 0 Å². The molecule has 1 aromatic rings. The lowest BCUT2D eigenvalue weighted by Crippen LogP contribution is -2.28. The van der Waals surface area contributed by atoms with Gasteiger partial charge in [0.1, 0.15) is 0 Å². The first-order chi connectivity index (χ1) is 8.26. The molecule has 0 aliphatic carbocycles. The molecule has 0 radical (unpaired) electrons. The van der Waals surface area contributed by atoms with E-state index in [1.54, 1.807) is 4.90 Å². The van der Waals surface area contributed by atoms with Crippen LogP contribution in [0.1, 0.15) is 17.5 Å². The Kier molecular flexibility index (Phi) is 3.76. The quantitative estimate of drug-likeness (QED) is 0.777. The van der Waals surface area contributed by atoms with Crippen LogP contribution in [-0.4, -0.2) is 30.7 Å². The molecule has 0 atom stereocenters. The van der Waals surface area contributed by atoms with Gasteiger partial charge in [0.05, 0.1) is 6.42 Å². The molecule has 17 heavy (non-hydrogen) atoms. The van der Waals surface area contributed by atoms with Crippen molar-refractivity contribution in [3.8, 4) is 0 Å². The van der Waals surface area contributed by atoms with Crippen LogP contribution in [0.2, 0.25) is 0 Å². The summed E-state index contributed by atoms with van der Waals surface area (Å²) in [5.41, 5.74) is 8.78. The summed E-state index contributed by atoms with van der Waals surface area (Å²) < 4.78 is 0. The Morgan fingerprint density at radius 3 is 2.94 bits per heavy atom. The van der Waals surface area contributed by atoms with Crippen LogP contribution in [0.4, 0.5) is 5.69 Å². The molecule has 1 aliphatic rings. The molecule has 0 spiro atoms. The summed E-state index contributed by atoms with van der Waals surface area (Å²) in [6, 6.07) is 6.08. The number of carbonyl (C=O) groups excluding carboxylic acids is 1. The van der Waals surface area contributed by atoms with E-state index in [2.05, 4.69) is 6.07 Å². The van der Waals surface area contributed by atoms with Crippen LogP contribution in [0.3, 0.4) is 0 Å². The summed E-state index contributed by atoms with van der Waals surface area (Å²) in [5.74, 6) is 0.123. The first-order valence-electron chi connectivity index (χ1n) is 5.99. The minimum Gasteiger partial charge on any atom is -0.396 e. The van der Waals surface area contributed by atoms with Crippen LogP contribution in [0, 0.1) is 0 Å². The number of benzene rings is 1. The molecule has 1 aliphatic heterocycles. The van der Waals surface area contributed by atoms with E-state index in [9.17, 15) is 4.79 Å². The second-order valence-electron chi connectivity index (χ2n) is 4.30. The summed E-state index contributed by atoms with van der Waals surface area (Å²) >= 11 is 0. The number of fused-ring (bicyclic) bond motifs is 1. The number of carbonyl (C=O) groups is 1. The molecular weight excluding hydrogens is 216 g/mol. The van der Waals surface area contributed by atoms with Gasteiger partial charge in [-0.1, -0.05) is 12.1 Å². The molecular formula is C13H18N2O2. The van der Waals surface area contributed by atoms with E-state index in [0.29, 0.717) is 25.9 Å². The second kappa shape index (κ2) is 5.29. The van der Waals surface area contributed by atoms with E-state index in [0.717, 1.165) is 17.7 Å². The van der Waals surface area contributed by atoms with Crippen LogP contribution < -0.4 is 10.6 Å². The van der Waals surface area contributed by atoms with Gasteiger partial charge in [-0.25, -0.2) is 0 Å². The van der Waals surface area contributed by atoms with Crippen LogP contribution in [-0.2, 0) is 17.6 Å². The highest BCUT2D eigenvalue weighted by Crippen LogP contribution is 2.29. The first kappa shape index (κ1) is 12.1. The first-order valence-corrected chi connectivity index (χ1v) is 5.99. The van der Waals surface area contributed by atoms with Crippen LogP contribution in [0.25, 0.3) is 0 Å². The van der Waals surface area contributed by atoms with E-state index in [1.807, 2.05) is 12.1 Å². The zero-order valence-corrected chi connectivity index (χ0v) is 9.85.